The molecule has 0 saturated heterocycles. The predicted molar refractivity (Wildman–Crippen MR) is 200 cm³/mol. The minimum Gasteiger partial charge on any atom is -0.468 e. The van der Waals surface area contributed by atoms with Crippen LogP contribution in [0.1, 0.15) is 82.2 Å². The van der Waals surface area contributed by atoms with Gasteiger partial charge in [-0.05, 0) is 99.3 Å². The van der Waals surface area contributed by atoms with Crippen molar-refractivity contribution in [2.45, 2.75) is 77.6 Å². The monoisotopic (exact) mass is 611 g/mol. The highest BCUT2D eigenvalue weighted by atomic mass is 16.3. The second kappa shape index (κ2) is 9.54. The number of rotatable bonds is 2. The van der Waals surface area contributed by atoms with Crippen molar-refractivity contribution in [2.75, 3.05) is 4.90 Å². The molecule has 2 aliphatic heterocycles. The molecule has 0 N–H and O–H groups in total. The Morgan fingerprint density at radius 2 is 1.38 bits per heavy atom. The number of hydrogen-bond acceptors (Lipinski definition) is 2. The van der Waals surface area contributed by atoms with Gasteiger partial charge in [-0.15, -0.1) is 0 Å². The van der Waals surface area contributed by atoms with Crippen LogP contribution in [0.25, 0.3) is 22.1 Å². The first-order chi connectivity index (χ1) is 22.5. The van der Waals surface area contributed by atoms with E-state index in [-0.39, 0.29) is 23.0 Å². The molecule has 232 valence electrons. The van der Waals surface area contributed by atoms with Crippen LogP contribution in [-0.2, 0) is 16.2 Å². The number of hydrogen-bond donors (Lipinski definition) is 0. The molecular formula is C44H42BNO. The molecule has 1 aromatic heterocycles. The van der Waals surface area contributed by atoms with Gasteiger partial charge in [-0.25, -0.2) is 0 Å². The summed E-state index contributed by atoms with van der Waals surface area (Å²) in [4.78, 5) is 2.54. The molecule has 0 amide bonds. The maximum absolute atomic E-state index is 7.11. The van der Waals surface area contributed by atoms with Crippen LogP contribution < -0.4 is 21.5 Å². The molecule has 3 aliphatic rings. The second-order valence-electron chi connectivity index (χ2n) is 16.1. The molecule has 1 aliphatic carbocycles. The van der Waals surface area contributed by atoms with Crippen LogP contribution in [0.4, 0.5) is 17.1 Å². The van der Waals surface area contributed by atoms with E-state index in [1.807, 2.05) is 0 Å². The fourth-order valence-electron chi connectivity index (χ4n) is 9.12. The zero-order valence-corrected chi connectivity index (χ0v) is 28.7. The van der Waals surface area contributed by atoms with Gasteiger partial charge in [0.25, 0.3) is 6.71 Å². The molecule has 0 radical (unpaired) electrons. The number of para-hydroxylation sites is 1. The average Bonchev–Trinajstić information content (AvgIpc) is 3.45. The first-order valence-corrected chi connectivity index (χ1v) is 17.3. The summed E-state index contributed by atoms with van der Waals surface area (Å²) in [5.74, 6) is 0. The number of nitrogens with zero attached hydrogens (tertiary/aromatic N) is 1. The van der Waals surface area contributed by atoms with Gasteiger partial charge in [-0.3, -0.25) is 0 Å². The van der Waals surface area contributed by atoms with Gasteiger partial charge in [0.05, 0.1) is 11.3 Å². The van der Waals surface area contributed by atoms with E-state index < -0.39 is 0 Å². The minimum atomic E-state index is -0.186. The van der Waals surface area contributed by atoms with Gasteiger partial charge in [0.15, 0.2) is 0 Å². The normalized spacial score (nSPS) is 17.9. The van der Waals surface area contributed by atoms with Gasteiger partial charge in [0.2, 0.25) is 0 Å². The first-order valence-electron chi connectivity index (χ1n) is 17.3. The van der Waals surface area contributed by atoms with Crippen molar-refractivity contribution in [2.24, 2.45) is 0 Å². The maximum atomic E-state index is 7.11. The van der Waals surface area contributed by atoms with E-state index >= 15 is 0 Å². The van der Waals surface area contributed by atoms with Crippen molar-refractivity contribution in [3.63, 3.8) is 0 Å². The van der Waals surface area contributed by atoms with Crippen LogP contribution in [0.2, 0.25) is 0 Å². The Bertz CT molecular complexity index is 2250. The standard InChI is InChI=1S/C44H42BNO/c1-27-13-11-16-31-39-41(47-40(27)31)45-36-22-19-29(28-14-9-8-10-15-28)25-35(36)44(6,7)33-17-12-18-37(38(33)45)46(39)30-20-21-32-34(26-30)43(4,5)24-23-42(32,2)3/h8-22,25-26H,23-24H2,1-7H3. The van der Waals surface area contributed by atoms with Crippen LogP contribution in [0.15, 0.2) is 108 Å². The third-order valence-corrected chi connectivity index (χ3v) is 11.9. The molecule has 0 bridgehead atoms. The summed E-state index contributed by atoms with van der Waals surface area (Å²) >= 11 is 0. The van der Waals surface area contributed by atoms with Crippen LogP contribution in [0.5, 0.6) is 0 Å². The van der Waals surface area contributed by atoms with Gasteiger partial charge >= 0.3 is 0 Å². The van der Waals surface area contributed by atoms with Crippen molar-refractivity contribution < 1.29 is 4.42 Å². The Balaban J connectivity index is 1.34. The van der Waals surface area contributed by atoms with E-state index in [0.29, 0.717) is 0 Å². The van der Waals surface area contributed by atoms with Crippen molar-refractivity contribution in [1.82, 2.24) is 0 Å². The summed E-state index contributed by atoms with van der Waals surface area (Å²) in [6.45, 7) is 16.7. The van der Waals surface area contributed by atoms with E-state index in [4.69, 9.17) is 4.42 Å². The number of fused-ring (bicyclic) bond motifs is 7. The van der Waals surface area contributed by atoms with E-state index in [0.717, 1.165) is 11.2 Å². The fraction of sp³-hybridized carbons (Fsp3) is 0.273. The molecule has 2 nitrogen and oxygen atoms in total. The van der Waals surface area contributed by atoms with Crippen molar-refractivity contribution in [3.05, 3.63) is 131 Å². The van der Waals surface area contributed by atoms with Crippen LogP contribution >= 0.6 is 0 Å². The minimum absolute atomic E-state index is 0.0140. The van der Waals surface area contributed by atoms with Crippen LogP contribution in [-0.4, -0.2) is 6.71 Å². The quantitative estimate of drug-likeness (QED) is 0.181. The zero-order valence-electron chi connectivity index (χ0n) is 28.7. The lowest BCUT2D eigenvalue weighted by molar-refractivity contribution is 0.332. The molecule has 5 aromatic carbocycles. The Labute approximate surface area is 279 Å². The Kier molecular flexibility index (Phi) is 5.82. The van der Waals surface area contributed by atoms with E-state index in [2.05, 4.69) is 156 Å². The summed E-state index contributed by atoms with van der Waals surface area (Å²) in [5, 5.41) is 1.18. The molecule has 6 aromatic rings. The molecule has 0 atom stereocenters. The Morgan fingerprint density at radius 1 is 0.638 bits per heavy atom. The SMILES string of the molecule is Cc1cccc2c3c(oc12)B1c2ccc(-c4ccccc4)cc2C(C)(C)c2cccc(c21)N3c1ccc2c(c1)C(C)(C)CCC2(C)C. The lowest BCUT2D eigenvalue weighted by atomic mass is 9.32. The molecule has 0 unspecified atom stereocenters. The Morgan fingerprint density at radius 3 is 2.17 bits per heavy atom. The maximum Gasteiger partial charge on any atom is 0.293 e. The van der Waals surface area contributed by atoms with Gasteiger partial charge < -0.3 is 9.32 Å². The van der Waals surface area contributed by atoms with Gasteiger partial charge in [-0.2, -0.15) is 0 Å². The van der Waals surface area contributed by atoms with Crippen molar-refractivity contribution >= 4 is 51.3 Å². The van der Waals surface area contributed by atoms with Gasteiger partial charge in [0, 0.05) is 22.2 Å². The predicted octanol–water partition coefficient (Wildman–Crippen LogP) is 9.70. The second-order valence-corrected chi connectivity index (χ2v) is 16.1. The molecule has 3 heteroatoms. The van der Waals surface area contributed by atoms with E-state index in [9.17, 15) is 0 Å². The molecule has 47 heavy (non-hydrogen) atoms. The lowest BCUT2D eigenvalue weighted by Gasteiger charge is -2.45. The highest BCUT2D eigenvalue weighted by Crippen LogP contribution is 2.50. The average molecular weight is 612 g/mol. The smallest absolute Gasteiger partial charge is 0.293 e. The summed E-state index contributed by atoms with van der Waals surface area (Å²) in [7, 11) is 0. The number of anilines is 3. The number of benzene rings is 5. The van der Waals surface area contributed by atoms with Gasteiger partial charge in [0.1, 0.15) is 5.58 Å². The third kappa shape index (κ3) is 3.92. The lowest BCUT2D eigenvalue weighted by Crippen LogP contribution is -2.63. The summed E-state index contributed by atoms with van der Waals surface area (Å²) < 4.78 is 7.11. The molecule has 9 rings (SSSR count). The third-order valence-electron chi connectivity index (χ3n) is 11.9. The highest BCUT2D eigenvalue weighted by Gasteiger charge is 2.49. The highest BCUT2D eigenvalue weighted by molar-refractivity contribution is 6.98. The number of aryl methyl sites for hydroxylation is 1. The largest absolute Gasteiger partial charge is 0.468 e. The van der Waals surface area contributed by atoms with Crippen molar-refractivity contribution in [1.29, 1.82) is 0 Å². The first kappa shape index (κ1) is 28.7. The molecule has 0 spiro atoms. The van der Waals surface area contributed by atoms with Crippen LogP contribution in [0.3, 0.4) is 0 Å². The molecule has 0 fully saturated rings. The van der Waals surface area contributed by atoms with E-state index in [1.54, 1.807) is 0 Å². The van der Waals surface area contributed by atoms with Crippen LogP contribution in [0, 0.1) is 6.92 Å². The molecular weight excluding hydrogens is 569 g/mol. The molecule has 0 saturated carbocycles. The van der Waals surface area contributed by atoms with E-state index in [1.165, 1.54) is 85.2 Å². The van der Waals surface area contributed by atoms with Gasteiger partial charge in [-0.1, -0.05) is 126 Å². The molecule has 3 heterocycles. The number of furan rings is 1. The van der Waals surface area contributed by atoms with Crippen molar-refractivity contribution in [3.8, 4) is 11.1 Å². The fourth-order valence-corrected chi connectivity index (χ4v) is 9.12. The summed E-state index contributed by atoms with van der Waals surface area (Å²) in [5.41, 5.74) is 17.9. The summed E-state index contributed by atoms with van der Waals surface area (Å²) in [6, 6.07) is 38.8. The topological polar surface area (TPSA) is 16.4 Å². The Hall–Kier alpha value is -4.50. The summed E-state index contributed by atoms with van der Waals surface area (Å²) in [6.07, 6.45) is 2.40. The zero-order chi connectivity index (χ0) is 32.5.